The van der Waals surface area contributed by atoms with Crippen molar-refractivity contribution in [2.75, 3.05) is 31.3 Å². The first-order valence-corrected chi connectivity index (χ1v) is 15.9. The second-order valence-electron chi connectivity index (χ2n) is 10.0. The van der Waals surface area contributed by atoms with Gasteiger partial charge in [-0.2, -0.15) is 4.98 Å². The van der Waals surface area contributed by atoms with Crippen LogP contribution in [0.5, 0.6) is 0 Å². The summed E-state index contributed by atoms with van der Waals surface area (Å²) >= 11 is 0. The summed E-state index contributed by atoms with van der Waals surface area (Å²) in [5.41, 5.74) is 5.24. The number of phosphoric ester groups is 1. The Kier molecular flexibility index (Phi) is 8.84. The Balaban J connectivity index is 1.20. The highest BCUT2D eigenvalue weighted by molar-refractivity contribution is 7.47. The van der Waals surface area contributed by atoms with Crippen molar-refractivity contribution in [1.82, 2.24) is 39.0 Å². The molecule has 0 amide bonds. The maximum Gasteiger partial charge on any atom is 0.694 e. The summed E-state index contributed by atoms with van der Waals surface area (Å²) in [4.78, 5) is 54.6. The van der Waals surface area contributed by atoms with Crippen molar-refractivity contribution in [3.05, 3.63) is 29.3 Å². The van der Waals surface area contributed by atoms with Crippen molar-refractivity contribution in [2.24, 2.45) is 0 Å². The standard InChI is InChI=1S/C21H26N10O13P2/c1-23-15-9-16(25-4-24-15)30(5-26-9)19-13(34)11(32)8(42-19)3-41-46(38,39)44-14-12(33)7(2-40-45(36)37)43-20(14)31-6-27-10-17(31)28-21(22)29-18(10)35/h4-8,11-14,19-20,32-34H,2-3H2,1H3,(H5-,22,23,24,25,28,29,35,36,37,38,39)/p+1/t7-,8-,11-,12-,13-,14-,19-,20-/m1/s1. The fourth-order valence-electron chi connectivity index (χ4n) is 5.13. The van der Waals surface area contributed by atoms with Gasteiger partial charge in [0, 0.05) is 11.6 Å². The fourth-order valence-corrected chi connectivity index (χ4v) is 6.34. The molecule has 6 rings (SSSR count). The second-order valence-corrected chi connectivity index (χ2v) is 12.2. The Labute approximate surface area is 256 Å². The fraction of sp³-hybridized carbons (Fsp3) is 0.524. The summed E-state index contributed by atoms with van der Waals surface area (Å²) < 4.78 is 53.2. The molecule has 0 radical (unpaired) electrons. The van der Waals surface area contributed by atoms with E-state index >= 15 is 0 Å². The highest BCUT2D eigenvalue weighted by Gasteiger charge is 2.51. The number of rotatable bonds is 11. The van der Waals surface area contributed by atoms with Crippen LogP contribution in [0.25, 0.3) is 22.3 Å². The predicted octanol–water partition coefficient (Wildman–Crippen LogP) is -2.37. The van der Waals surface area contributed by atoms with Gasteiger partial charge in [0.05, 0.1) is 19.3 Å². The maximum absolute atomic E-state index is 13.1. The smallest absolute Gasteiger partial charge is 0.387 e. The van der Waals surface area contributed by atoms with Gasteiger partial charge in [0.15, 0.2) is 35.1 Å². The molecule has 0 aliphatic carbocycles. The number of nitrogens with one attached hydrogen (secondary N) is 2. The Morgan fingerprint density at radius 2 is 1.70 bits per heavy atom. The SMILES string of the molecule is CNc1ncnc2c1ncn2[C@@H]1O[C@H](COP(=O)(O)O[C@@H]2[C@H](O)[C@@H](CO[P+](=O)O)O[C@H]2n2cnc3c(=O)[nH]c(N)nc32)[C@@H](O)[C@H]1O. The number of ether oxygens (including phenoxy) is 2. The molecular weight excluding hydrogens is 662 g/mol. The lowest BCUT2D eigenvalue weighted by Crippen LogP contribution is -2.36. The summed E-state index contributed by atoms with van der Waals surface area (Å²) in [5, 5.41) is 35.2. The van der Waals surface area contributed by atoms with Crippen molar-refractivity contribution in [2.45, 2.75) is 49.1 Å². The van der Waals surface area contributed by atoms with Crippen LogP contribution in [0.2, 0.25) is 0 Å². The molecule has 10 atom stereocenters. The van der Waals surface area contributed by atoms with Crippen LogP contribution in [0.4, 0.5) is 11.8 Å². The molecule has 248 valence electrons. The minimum Gasteiger partial charge on any atom is -0.387 e. The van der Waals surface area contributed by atoms with Gasteiger partial charge in [0.1, 0.15) is 55.1 Å². The third-order valence-electron chi connectivity index (χ3n) is 7.25. The first-order chi connectivity index (χ1) is 21.9. The lowest BCUT2D eigenvalue weighted by molar-refractivity contribution is -0.0609. The Hall–Kier alpha value is -3.57. The molecule has 9 N–H and O–H groups in total. The molecule has 6 heterocycles. The Morgan fingerprint density at radius 1 is 1.02 bits per heavy atom. The number of anilines is 2. The van der Waals surface area contributed by atoms with Crippen molar-refractivity contribution in [3.8, 4) is 0 Å². The molecule has 0 bridgehead atoms. The van der Waals surface area contributed by atoms with Gasteiger partial charge in [-0.3, -0.25) is 28.0 Å². The second kappa shape index (κ2) is 12.6. The molecule has 2 unspecified atom stereocenters. The van der Waals surface area contributed by atoms with Crippen LogP contribution in [-0.4, -0.2) is 121 Å². The van der Waals surface area contributed by atoms with Crippen LogP contribution >= 0.6 is 16.1 Å². The van der Waals surface area contributed by atoms with Gasteiger partial charge >= 0.3 is 16.1 Å². The number of aliphatic hydroxyl groups is 3. The van der Waals surface area contributed by atoms with Crippen LogP contribution < -0.4 is 16.6 Å². The number of nitrogens with two attached hydrogens (primary N) is 1. The van der Waals surface area contributed by atoms with Crippen molar-refractivity contribution >= 4 is 50.2 Å². The number of fused-ring (bicyclic) bond motifs is 2. The number of H-pyrrole nitrogens is 1. The molecule has 2 aliphatic heterocycles. The zero-order valence-corrected chi connectivity index (χ0v) is 25.2. The monoisotopic (exact) mass is 689 g/mol. The van der Waals surface area contributed by atoms with Crippen molar-refractivity contribution in [3.63, 3.8) is 0 Å². The van der Waals surface area contributed by atoms with Gasteiger partial charge in [-0.25, -0.2) is 24.5 Å². The normalized spacial score (nSPS) is 29.8. The highest BCUT2D eigenvalue weighted by atomic mass is 31.2. The number of nitrogens with zero attached hydrogens (tertiary/aromatic N) is 7. The van der Waals surface area contributed by atoms with Crippen LogP contribution in [0, 0.1) is 0 Å². The average molecular weight is 689 g/mol. The molecule has 2 saturated heterocycles. The Bertz CT molecular complexity index is 1870. The predicted molar refractivity (Wildman–Crippen MR) is 150 cm³/mol. The van der Waals surface area contributed by atoms with E-state index in [0.29, 0.717) is 11.3 Å². The topological polar surface area (TPSA) is 327 Å². The zero-order valence-electron chi connectivity index (χ0n) is 23.4. The van der Waals surface area contributed by atoms with Crippen LogP contribution in [0.15, 0.2) is 23.8 Å². The number of nitrogen functional groups attached to an aromatic ring is 1. The van der Waals surface area contributed by atoms with E-state index < -0.39 is 83.9 Å². The van der Waals surface area contributed by atoms with Crippen LogP contribution in [-0.2, 0) is 32.2 Å². The summed E-state index contributed by atoms with van der Waals surface area (Å²) in [6.45, 7) is -1.42. The molecule has 4 aromatic rings. The number of hydrogen-bond acceptors (Lipinski definition) is 18. The number of hydrogen-bond donors (Lipinski definition) is 8. The molecular formula is C21H27N10O13P2+. The van der Waals surface area contributed by atoms with E-state index in [9.17, 15) is 34.1 Å². The van der Waals surface area contributed by atoms with Gasteiger partial charge in [0.25, 0.3) is 5.56 Å². The minimum atomic E-state index is -5.15. The summed E-state index contributed by atoms with van der Waals surface area (Å²) in [5.74, 6) is 0.109. The quantitative estimate of drug-likeness (QED) is 0.0763. The minimum absolute atomic E-state index is 0.141. The van der Waals surface area contributed by atoms with Gasteiger partial charge < -0.3 is 40.7 Å². The van der Waals surface area contributed by atoms with Crippen molar-refractivity contribution < 1.29 is 57.3 Å². The molecule has 2 aliphatic rings. The van der Waals surface area contributed by atoms with E-state index in [4.69, 9.17) is 29.1 Å². The third-order valence-corrected chi connectivity index (χ3v) is 8.61. The number of phosphoric acid groups is 1. The van der Waals surface area contributed by atoms with E-state index in [-0.39, 0.29) is 22.8 Å². The average Bonchev–Trinajstić information content (AvgIpc) is 3.76. The molecule has 4 aromatic heterocycles. The molecule has 0 spiro atoms. The number of aliphatic hydroxyl groups excluding tert-OH is 3. The summed E-state index contributed by atoms with van der Waals surface area (Å²) in [6.07, 6.45) is -8.47. The van der Waals surface area contributed by atoms with E-state index in [1.165, 1.54) is 17.2 Å². The number of aromatic nitrogens is 8. The first-order valence-electron chi connectivity index (χ1n) is 13.3. The maximum atomic E-state index is 13.1. The van der Waals surface area contributed by atoms with E-state index in [0.717, 1.165) is 10.9 Å². The van der Waals surface area contributed by atoms with Gasteiger partial charge in [0.2, 0.25) is 5.95 Å². The highest BCUT2D eigenvalue weighted by Crippen LogP contribution is 2.50. The Morgan fingerprint density at radius 3 is 2.41 bits per heavy atom. The molecule has 23 nitrogen and oxygen atoms in total. The zero-order chi connectivity index (χ0) is 32.9. The van der Waals surface area contributed by atoms with E-state index in [1.54, 1.807) is 7.05 Å². The van der Waals surface area contributed by atoms with Crippen LogP contribution in [0.1, 0.15) is 12.5 Å². The number of imidazole rings is 2. The molecule has 46 heavy (non-hydrogen) atoms. The van der Waals surface area contributed by atoms with E-state index in [2.05, 4.69) is 39.7 Å². The lowest BCUT2D eigenvalue weighted by Gasteiger charge is -2.24. The van der Waals surface area contributed by atoms with E-state index in [1.807, 2.05) is 0 Å². The third kappa shape index (κ3) is 5.99. The molecule has 2 fully saturated rings. The van der Waals surface area contributed by atoms with Crippen molar-refractivity contribution in [1.29, 1.82) is 0 Å². The van der Waals surface area contributed by atoms with Gasteiger partial charge in [-0.1, -0.05) is 0 Å². The van der Waals surface area contributed by atoms with Crippen LogP contribution in [0.3, 0.4) is 0 Å². The summed E-state index contributed by atoms with van der Waals surface area (Å²) in [7, 11) is -6.62. The first kappa shape index (κ1) is 32.4. The molecule has 0 saturated carbocycles. The van der Waals surface area contributed by atoms with Gasteiger partial charge in [-0.15, -0.1) is 9.42 Å². The molecule has 0 aromatic carbocycles. The largest absolute Gasteiger partial charge is 0.694 e. The number of aromatic amines is 1. The lowest BCUT2D eigenvalue weighted by atomic mass is 10.1. The van der Waals surface area contributed by atoms with Gasteiger partial charge in [-0.05, 0) is 0 Å². The summed E-state index contributed by atoms with van der Waals surface area (Å²) in [6, 6.07) is 0. The molecule has 25 heteroatoms.